The van der Waals surface area contributed by atoms with Gasteiger partial charge in [0.25, 0.3) is 0 Å². The Hall–Kier alpha value is -2.11. The molecule has 3 aliphatic rings. The van der Waals surface area contributed by atoms with E-state index in [2.05, 4.69) is 23.2 Å². The maximum atomic E-state index is 5.81. The first-order valence-corrected chi connectivity index (χ1v) is 8.49. The Morgan fingerprint density at radius 3 is 2.50 bits per heavy atom. The summed E-state index contributed by atoms with van der Waals surface area (Å²) in [5.41, 5.74) is 3.47. The number of benzene rings is 1. The van der Waals surface area contributed by atoms with E-state index in [-0.39, 0.29) is 5.79 Å². The smallest absolute Gasteiger partial charge is 0.172 e. The summed E-state index contributed by atoms with van der Waals surface area (Å²) in [4.78, 5) is 4.50. The van der Waals surface area contributed by atoms with E-state index in [1.165, 1.54) is 11.1 Å². The number of ether oxygens (including phenoxy) is 4. The maximum absolute atomic E-state index is 5.81. The molecule has 5 rings (SSSR count). The lowest BCUT2D eigenvalue weighted by Gasteiger charge is -2.31. The molecule has 1 spiro atoms. The number of rotatable bonds is 1. The summed E-state index contributed by atoms with van der Waals surface area (Å²) < 4.78 is 23.0. The van der Waals surface area contributed by atoms with Gasteiger partial charge in [0, 0.05) is 30.5 Å². The molecular formula is C19H19NO4. The highest BCUT2D eigenvalue weighted by Gasteiger charge is 2.37. The van der Waals surface area contributed by atoms with Crippen LogP contribution in [0.4, 0.5) is 0 Å². The van der Waals surface area contributed by atoms with Gasteiger partial charge in [-0.2, -0.15) is 0 Å². The summed E-state index contributed by atoms with van der Waals surface area (Å²) in [6.07, 6.45) is 6.75. The van der Waals surface area contributed by atoms with Gasteiger partial charge < -0.3 is 18.9 Å². The average Bonchev–Trinajstić information content (AvgIpc) is 3.08. The second kappa shape index (κ2) is 5.46. The van der Waals surface area contributed by atoms with Crippen molar-refractivity contribution in [1.29, 1.82) is 0 Å². The molecule has 0 N–H and O–H groups in total. The highest BCUT2D eigenvalue weighted by atomic mass is 16.7. The molecule has 0 bridgehead atoms. The van der Waals surface area contributed by atoms with E-state index in [9.17, 15) is 0 Å². The summed E-state index contributed by atoms with van der Waals surface area (Å²) in [5, 5.41) is 1.11. The van der Waals surface area contributed by atoms with Crippen LogP contribution in [0.3, 0.4) is 0 Å². The van der Waals surface area contributed by atoms with Crippen LogP contribution in [-0.4, -0.2) is 37.2 Å². The number of hydrogen-bond acceptors (Lipinski definition) is 5. The third kappa shape index (κ3) is 2.27. The van der Waals surface area contributed by atoms with E-state index in [4.69, 9.17) is 18.9 Å². The van der Waals surface area contributed by atoms with Crippen LogP contribution in [0.5, 0.6) is 11.5 Å². The van der Waals surface area contributed by atoms with E-state index in [1.54, 1.807) is 0 Å². The number of pyridine rings is 1. The summed E-state index contributed by atoms with van der Waals surface area (Å²) in [6.45, 7) is 2.58. The van der Waals surface area contributed by atoms with Crippen molar-refractivity contribution >= 4 is 16.5 Å². The molecule has 1 aromatic heterocycles. The van der Waals surface area contributed by atoms with Crippen molar-refractivity contribution in [1.82, 2.24) is 4.98 Å². The molecule has 0 amide bonds. The van der Waals surface area contributed by atoms with Crippen LogP contribution < -0.4 is 9.47 Å². The van der Waals surface area contributed by atoms with Crippen molar-refractivity contribution in [2.45, 2.75) is 25.0 Å². The van der Waals surface area contributed by atoms with Crippen LogP contribution in [0.25, 0.3) is 16.5 Å². The predicted octanol–water partition coefficient (Wildman–Crippen LogP) is 3.32. The first-order chi connectivity index (χ1) is 11.8. The van der Waals surface area contributed by atoms with Crippen molar-refractivity contribution < 1.29 is 18.9 Å². The zero-order valence-electron chi connectivity index (χ0n) is 13.4. The van der Waals surface area contributed by atoms with Gasteiger partial charge in [0.2, 0.25) is 0 Å². The molecule has 5 heteroatoms. The topological polar surface area (TPSA) is 49.8 Å². The number of fused-ring (bicyclic) bond motifs is 2. The molecule has 5 nitrogen and oxygen atoms in total. The van der Waals surface area contributed by atoms with E-state index in [1.807, 2.05) is 12.3 Å². The lowest BCUT2D eigenvalue weighted by atomic mass is 9.88. The van der Waals surface area contributed by atoms with Crippen molar-refractivity contribution in [3.05, 3.63) is 36.0 Å². The van der Waals surface area contributed by atoms with Gasteiger partial charge in [-0.25, -0.2) is 0 Å². The largest absolute Gasteiger partial charge is 0.486 e. The van der Waals surface area contributed by atoms with Crippen molar-refractivity contribution in [2.75, 3.05) is 26.4 Å². The minimum absolute atomic E-state index is 0.386. The fourth-order valence-corrected chi connectivity index (χ4v) is 3.77. The quantitative estimate of drug-likeness (QED) is 0.805. The minimum atomic E-state index is -0.386. The Balaban J connectivity index is 1.56. The highest BCUT2D eigenvalue weighted by molar-refractivity contribution is 5.93. The van der Waals surface area contributed by atoms with Gasteiger partial charge in [0.15, 0.2) is 17.3 Å². The average molecular weight is 325 g/mol. The molecule has 2 aliphatic heterocycles. The SMILES string of the molecule is C1=C(c2ccnc3cc4c(cc23)OCCO4)CCC2(C1)OCCO2. The Morgan fingerprint density at radius 2 is 1.75 bits per heavy atom. The molecule has 0 unspecified atom stereocenters. The van der Waals surface area contributed by atoms with Crippen LogP contribution >= 0.6 is 0 Å². The molecule has 1 aromatic carbocycles. The van der Waals surface area contributed by atoms with Gasteiger partial charge >= 0.3 is 0 Å². The number of nitrogens with zero attached hydrogens (tertiary/aromatic N) is 1. The molecule has 124 valence electrons. The molecule has 1 saturated heterocycles. The normalized spacial score (nSPS) is 21.9. The van der Waals surface area contributed by atoms with E-state index in [0.29, 0.717) is 26.4 Å². The van der Waals surface area contributed by atoms with E-state index >= 15 is 0 Å². The Kier molecular flexibility index (Phi) is 3.24. The summed E-state index contributed by atoms with van der Waals surface area (Å²) in [5.74, 6) is 1.20. The first-order valence-electron chi connectivity index (χ1n) is 8.49. The predicted molar refractivity (Wildman–Crippen MR) is 89.2 cm³/mol. The van der Waals surface area contributed by atoms with Gasteiger partial charge in [-0.1, -0.05) is 6.08 Å². The molecule has 0 radical (unpaired) electrons. The molecular weight excluding hydrogens is 306 g/mol. The van der Waals surface area contributed by atoms with Crippen molar-refractivity contribution in [3.8, 4) is 11.5 Å². The first kappa shape index (κ1) is 14.3. The third-order valence-electron chi connectivity index (χ3n) is 5.00. The molecule has 0 atom stereocenters. The lowest BCUT2D eigenvalue weighted by molar-refractivity contribution is -0.159. The van der Waals surface area contributed by atoms with E-state index < -0.39 is 0 Å². The van der Waals surface area contributed by atoms with Gasteiger partial charge in [0.05, 0.1) is 18.7 Å². The second-order valence-corrected chi connectivity index (χ2v) is 6.41. The zero-order chi connectivity index (χ0) is 16.0. The number of allylic oxidation sites excluding steroid dienone is 1. The molecule has 1 aliphatic carbocycles. The summed E-state index contributed by atoms with van der Waals surface area (Å²) in [6, 6.07) is 6.11. The fraction of sp³-hybridized carbons (Fsp3) is 0.421. The Labute approximate surface area is 140 Å². The van der Waals surface area contributed by atoms with Crippen LogP contribution in [0, 0.1) is 0 Å². The van der Waals surface area contributed by atoms with Crippen molar-refractivity contribution in [3.63, 3.8) is 0 Å². The fourth-order valence-electron chi connectivity index (χ4n) is 3.77. The summed E-state index contributed by atoms with van der Waals surface area (Å²) >= 11 is 0. The Bertz CT molecular complexity index is 823. The Morgan fingerprint density at radius 1 is 0.958 bits per heavy atom. The molecule has 3 heterocycles. The van der Waals surface area contributed by atoms with Crippen LogP contribution in [0.2, 0.25) is 0 Å². The van der Waals surface area contributed by atoms with Gasteiger partial charge in [-0.3, -0.25) is 4.98 Å². The van der Waals surface area contributed by atoms with Gasteiger partial charge in [-0.05, 0) is 29.7 Å². The standard InChI is InChI=1S/C19H19NO4/c1-4-19(23-9-10-24-19)5-2-13(1)14-3-6-20-16-12-18-17(11-15(14)16)21-7-8-22-18/h1,3,6,11-12H,2,4-5,7-10H2. The highest BCUT2D eigenvalue weighted by Crippen LogP contribution is 2.41. The number of aromatic nitrogens is 1. The van der Waals surface area contributed by atoms with Crippen LogP contribution in [0.1, 0.15) is 24.8 Å². The van der Waals surface area contributed by atoms with Gasteiger partial charge in [-0.15, -0.1) is 0 Å². The minimum Gasteiger partial charge on any atom is -0.486 e. The second-order valence-electron chi connectivity index (χ2n) is 6.41. The molecule has 2 aromatic rings. The number of hydrogen-bond donors (Lipinski definition) is 0. The summed E-state index contributed by atoms with van der Waals surface area (Å²) in [7, 11) is 0. The molecule has 1 fully saturated rings. The molecule has 0 saturated carbocycles. The van der Waals surface area contributed by atoms with Gasteiger partial charge in [0.1, 0.15) is 13.2 Å². The maximum Gasteiger partial charge on any atom is 0.172 e. The zero-order valence-corrected chi connectivity index (χ0v) is 13.4. The van der Waals surface area contributed by atoms with Crippen LogP contribution in [-0.2, 0) is 9.47 Å². The monoisotopic (exact) mass is 325 g/mol. The van der Waals surface area contributed by atoms with Crippen LogP contribution in [0.15, 0.2) is 30.5 Å². The molecule has 24 heavy (non-hydrogen) atoms. The van der Waals surface area contributed by atoms with Crippen molar-refractivity contribution in [2.24, 2.45) is 0 Å². The third-order valence-corrected chi connectivity index (χ3v) is 5.00. The lowest BCUT2D eigenvalue weighted by Crippen LogP contribution is -2.31. The van der Waals surface area contributed by atoms with E-state index in [0.717, 1.165) is 41.7 Å².